The normalized spacial score (nSPS) is 10.2. The fourth-order valence-corrected chi connectivity index (χ4v) is 1.59. The first-order chi connectivity index (χ1) is 9.06. The maximum atomic E-state index is 12.9. The van der Waals surface area contributed by atoms with Crippen LogP contribution in [-0.2, 0) is 6.54 Å². The predicted molar refractivity (Wildman–Crippen MR) is 64.6 cm³/mol. The Balaban J connectivity index is 2.09. The van der Waals surface area contributed by atoms with Crippen molar-refractivity contribution in [3.05, 3.63) is 69.6 Å². The topological polar surface area (TPSA) is 62.0 Å². The van der Waals surface area contributed by atoms with E-state index in [1.54, 1.807) is 0 Å². The summed E-state index contributed by atoms with van der Waals surface area (Å²) in [5.41, 5.74) is -0.303. The van der Waals surface area contributed by atoms with E-state index in [0.29, 0.717) is 0 Å². The lowest BCUT2D eigenvalue weighted by Gasteiger charge is -2.05. The number of nitrogens with one attached hydrogen (secondary N) is 2. The van der Waals surface area contributed by atoms with Gasteiger partial charge in [-0.1, -0.05) is 0 Å². The van der Waals surface area contributed by atoms with E-state index in [1.165, 1.54) is 18.3 Å². The van der Waals surface area contributed by atoms with E-state index in [2.05, 4.69) is 10.3 Å². The number of hydrogen-bond acceptors (Lipinski definition) is 2. The maximum Gasteiger partial charge on any atom is 0.260 e. The summed E-state index contributed by atoms with van der Waals surface area (Å²) in [5.74, 6) is -2.05. The molecule has 0 atom stereocenters. The number of H-pyrrole nitrogens is 1. The zero-order valence-corrected chi connectivity index (χ0v) is 9.74. The predicted octanol–water partition coefficient (Wildman–Crippen LogP) is 1.58. The van der Waals surface area contributed by atoms with Crippen LogP contribution in [0.1, 0.15) is 15.9 Å². The summed E-state index contributed by atoms with van der Waals surface area (Å²) < 4.78 is 25.9. The lowest BCUT2D eigenvalue weighted by Crippen LogP contribution is -2.28. The maximum absolute atomic E-state index is 12.9. The zero-order valence-electron chi connectivity index (χ0n) is 9.74. The van der Waals surface area contributed by atoms with Crippen LogP contribution >= 0.6 is 0 Å². The lowest BCUT2D eigenvalue weighted by atomic mass is 10.2. The summed E-state index contributed by atoms with van der Waals surface area (Å²) in [7, 11) is 0. The van der Waals surface area contributed by atoms with E-state index in [4.69, 9.17) is 0 Å². The van der Waals surface area contributed by atoms with E-state index in [0.717, 1.165) is 18.2 Å². The first-order valence-corrected chi connectivity index (χ1v) is 5.47. The molecule has 2 N–H and O–H groups in total. The standard InChI is InChI=1S/C13H10F2N2O2/c14-9-4-8(5-10(15)6-9)7-17-13(19)11-2-1-3-16-12(11)18/h1-6H,7H2,(H,16,18)(H,17,19). The van der Waals surface area contributed by atoms with E-state index in [1.807, 2.05) is 0 Å². The molecule has 1 aromatic heterocycles. The van der Waals surface area contributed by atoms with Crippen molar-refractivity contribution in [2.24, 2.45) is 0 Å². The fraction of sp³-hybridized carbons (Fsp3) is 0.0769. The average Bonchev–Trinajstić information content (AvgIpc) is 2.35. The Morgan fingerprint density at radius 3 is 2.53 bits per heavy atom. The minimum Gasteiger partial charge on any atom is -0.348 e. The molecule has 0 bridgehead atoms. The van der Waals surface area contributed by atoms with Gasteiger partial charge in [0.2, 0.25) is 0 Å². The number of halogens is 2. The van der Waals surface area contributed by atoms with Gasteiger partial charge in [-0.05, 0) is 29.8 Å². The van der Waals surface area contributed by atoms with Crippen molar-refractivity contribution >= 4 is 5.91 Å². The Hall–Kier alpha value is -2.50. The third-order valence-electron chi connectivity index (χ3n) is 2.44. The van der Waals surface area contributed by atoms with Crippen LogP contribution in [0.4, 0.5) is 8.78 Å². The van der Waals surface area contributed by atoms with Crippen molar-refractivity contribution in [1.29, 1.82) is 0 Å². The molecule has 4 nitrogen and oxygen atoms in total. The summed E-state index contributed by atoms with van der Waals surface area (Å²) >= 11 is 0. The number of carbonyl (C=O) groups excluding carboxylic acids is 1. The number of aromatic amines is 1. The van der Waals surface area contributed by atoms with E-state index in [9.17, 15) is 18.4 Å². The second-order valence-electron chi connectivity index (χ2n) is 3.87. The van der Waals surface area contributed by atoms with Crippen molar-refractivity contribution in [2.45, 2.75) is 6.54 Å². The van der Waals surface area contributed by atoms with Crippen LogP contribution in [0.2, 0.25) is 0 Å². The summed E-state index contributed by atoms with van der Waals surface area (Å²) in [6.45, 7) is -0.0676. The van der Waals surface area contributed by atoms with Crippen LogP contribution in [-0.4, -0.2) is 10.9 Å². The first-order valence-electron chi connectivity index (χ1n) is 5.47. The molecule has 19 heavy (non-hydrogen) atoms. The Morgan fingerprint density at radius 2 is 1.89 bits per heavy atom. The Labute approximate surface area is 107 Å². The summed E-state index contributed by atoms with van der Waals surface area (Å²) in [6, 6.07) is 5.84. The Morgan fingerprint density at radius 1 is 1.21 bits per heavy atom. The molecule has 0 saturated carbocycles. The summed E-state index contributed by atoms with van der Waals surface area (Å²) in [6.07, 6.45) is 1.40. The molecule has 0 saturated heterocycles. The molecule has 2 rings (SSSR count). The second kappa shape index (κ2) is 5.43. The molecule has 0 unspecified atom stereocenters. The summed E-state index contributed by atoms with van der Waals surface area (Å²) in [5, 5.41) is 2.42. The van der Waals surface area contributed by atoms with Gasteiger partial charge >= 0.3 is 0 Å². The quantitative estimate of drug-likeness (QED) is 0.884. The van der Waals surface area contributed by atoms with Crippen LogP contribution in [0.3, 0.4) is 0 Å². The summed E-state index contributed by atoms with van der Waals surface area (Å²) in [4.78, 5) is 25.4. The minimum absolute atomic E-state index is 0.0561. The van der Waals surface area contributed by atoms with Gasteiger partial charge in [0, 0.05) is 18.8 Å². The Kier molecular flexibility index (Phi) is 3.70. The third kappa shape index (κ3) is 3.25. The number of hydrogen-bond donors (Lipinski definition) is 2. The number of benzene rings is 1. The first kappa shape index (κ1) is 12.9. The van der Waals surface area contributed by atoms with Crippen LogP contribution in [0.5, 0.6) is 0 Å². The highest BCUT2D eigenvalue weighted by Gasteiger charge is 2.09. The van der Waals surface area contributed by atoms with Gasteiger partial charge in [0.1, 0.15) is 17.2 Å². The van der Waals surface area contributed by atoms with Gasteiger partial charge in [-0.3, -0.25) is 9.59 Å². The molecule has 6 heteroatoms. The van der Waals surface area contributed by atoms with Gasteiger partial charge in [0.15, 0.2) is 0 Å². The molecule has 0 spiro atoms. The van der Waals surface area contributed by atoms with Crippen LogP contribution in [0, 0.1) is 11.6 Å². The largest absolute Gasteiger partial charge is 0.348 e. The Bertz CT molecular complexity index is 647. The molecule has 1 amide bonds. The van der Waals surface area contributed by atoms with Crippen molar-refractivity contribution in [1.82, 2.24) is 10.3 Å². The lowest BCUT2D eigenvalue weighted by molar-refractivity contribution is 0.0949. The van der Waals surface area contributed by atoms with Crippen LogP contribution in [0.15, 0.2) is 41.3 Å². The molecule has 0 radical (unpaired) electrons. The van der Waals surface area contributed by atoms with Crippen molar-refractivity contribution < 1.29 is 13.6 Å². The number of rotatable bonds is 3. The number of amides is 1. The van der Waals surface area contributed by atoms with Crippen molar-refractivity contribution in [3.63, 3.8) is 0 Å². The van der Waals surface area contributed by atoms with Gasteiger partial charge in [-0.25, -0.2) is 8.78 Å². The van der Waals surface area contributed by atoms with Crippen molar-refractivity contribution in [2.75, 3.05) is 0 Å². The number of carbonyl (C=O) groups is 1. The molecule has 1 heterocycles. The van der Waals surface area contributed by atoms with E-state index >= 15 is 0 Å². The molecule has 0 aliphatic carbocycles. The molecule has 0 aliphatic rings. The van der Waals surface area contributed by atoms with Gasteiger partial charge in [-0.2, -0.15) is 0 Å². The van der Waals surface area contributed by atoms with Crippen LogP contribution in [0.25, 0.3) is 0 Å². The minimum atomic E-state index is -0.721. The van der Waals surface area contributed by atoms with E-state index < -0.39 is 23.1 Å². The van der Waals surface area contributed by atoms with Gasteiger partial charge in [-0.15, -0.1) is 0 Å². The third-order valence-corrected chi connectivity index (χ3v) is 2.44. The van der Waals surface area contributed by atoms with Gasteiger partial charge in [0.05, 0.1) is 0 Å². The molecular formula is C13H10F2N2O2. The highest BCUT2D eigenvalue weighted by Crippen LogP contribution is 2.07. The molecular weight excluding hydrogens is 254 g/mol. The molecule has 98 valence electrons. The molecule has 1 aromatic carbocycles. The van der Waals surface area contributed by atoms with Crippen molar-refractivity contribution in [3.8, 4) is 0 Å². The highest BCUT2D eigenvalue weighted by atomic mass is 19.1. The second-order valence-corrected chi connectivity index (χ2v) is 3.87. The molecule has 0 aliphatic heterocycles. The zero-order chi connectivity index (χ0) is 13.8. The number of pyridine rings is 1. The average molecular weight is 264 g/mol. The SMILES string of the molecule is O=C(NCc1cc(F)cc(F)c1)c1ccc[nH]c1=O. The van der Waals surface area contributed by atoms with E-state index in [-0.39, 0.29) is 17.7 Å². The highest BCUT2D eigenvalue weighted by molar-refractivity contribution is 5.93. The fourth-order valence-electron chi connectivity index (χ4n) is 1.59. The molecule has 0 fully saturated rings. The van der Waals surface area contributed by atoms with Crippen LogP contribution < -0.4 is 10.9 Å². The van der Waals surface area contributed by atoms with Gasteiger partial charge in [0.25, 0.3) is 11.5 Å². The molecule has 2 aromatic rings. The van der Waals surface area contributed by atoms with Gasteiger partial charge < -0.3 is 10.3 Å². The monoisotopic (exact) mass is 264 g/mol. The number of aromatic nitrogens is 1. The smallest absolute Gasteiger partial charge is 0.260 e.